The number of rotatable bonds is 6. The minimum atomic E-state index is -0.419. The summed E-state index contributed by atoms with van der Waals surface area (Å²) in [7, 11) is 1.69. The summed E-state index contributed by atoms with van der Waals surface area (Å²) in [6.45, 7) is 7.76. The van der Waals surface area contributed by atoms with Crippen molar-refractivity contribution in [2.45, 2.75) is 33.4 Å². The van der Waals surface area contributed by atoms with E-state index in [0.29, 0.717) is 13.2 Å². The molecular formula is C14H22N4O2. The summed E-state index contributed by atoms with van der Waals surface area (Å²) in [4.78, 5) is 8.69. The van der Waals surface area contributed by atoms with E-state index < -0.39 is 6.10 Å². The van der Waals surface area contributed by atoms with Gasteiger partial charge in [0.05, 0.1) is 18.1 Å². The zero-order chi connectivity index (χ0) is 14.7. The average molecular weight is 278 g/mol. The Balaban J connectivity index is 2.46. The van der Waals surface area contributed by atoms with Gasteiger partial charge >= 0.3 is 0 Å². The fraction of sp³-hybridized carbons (Fsp3) is 0.571. The molecule has 2 aromatic rings. The van der Waals surface area contributed by atoms with E-state index in [1.54, 1.807) is 20.4 Å². The summed E-state index contributed by atoms with van der Waals surface area (Å²) in [6.07, 6.45) is 1.13. The molecule has 2 heterocycles. The second kappa shape index (κ2) is 6.19. The lowest BCUT2D eigenvalue weighted by Crippen LogP contribution is -2.16. The molecule has 0 unspecified atom stereocenters. The van der Waals surface area contributed by atoms with Crippen molar-refractivity contribution < 1.29 is 9.84 Å². The second-order valence-corrected chi connectivity index (χ2v) is 5.01. The number of ether oxygens (including phenoxy) is 1. The predicted molar refractivity (Wildman–Crippen MR) is 79.0 cm³/mol. The number of anilines is 1. The average Bonchev–Trinajstić information content (AvgIpc) is 2.67. The van der Waals surface area contributed by atoms with Gasteiger partial charge in [0.1, 0.15) is 17.8 Å². The minimum absolute atomic E-state index is 0.419. The molecule has 0 aromatic carbocycles. The number of nitrogens with one attached hydrogen (secondary N) is 1. The highest BCUT2D eigenvalue weighted by molar-refractivity contribution is 5.91. The third-order valence-corrected chi connectivity index (χ3v) is 3.49. The largest absolute Gasteiger partial charge is 0.392 e. The Labute approximate surface area is 118 Å². The number of hydrogen-bond donors (Lipinski definition) is 2. The number of aliphatic hydroxyl groups is 1. The Morgan fingerprint density at radius 3 is 2.80 bits per heavy atom. The van der Waals surface area contributed by atoms with E-state index in [1.807, 2.05) is 0 Å². The number of methoxy groups -OCH3 is 1. The van der Waals surface area contributed by atoms with Gasteiger partial charge in [-0.15, -0.1) is 0 Å². The first kappa shape index (κ1) is 14.7. The summed E-state index contributed by atoms with van der Waals surface area (Å²) in [5.41, 5.74) is 3.22. The molecule has 110 valence electrons. The van der Waals surface area contributed by atoms with Crippen LogP contribution in [-0.2, 0) is 11.3 Å². The van der Waals surface area contributed by atoms with Crippen LogP contribution >= 0.6 is 0 Å². The third-order valence-electron chi connectivity index (χ3n) is 3.49. The lowest BCUT2D eigenvalue weighted by molar-refractivity contribution is 0.187. The van der Waals surface area contributed by atoms with Crippen molar-refractivity contribution in [1.82, 2.24) is 14.5 Å². The van der Waals surface area contributed by atoms with Crippen LogP contribution in [0.5, 0.6) is 0 Å². The fourth-order valence-electron chi connectivity index (χ4n) is 2.30. The molecule has 6 heteroatoms. The van der Waals surface area contributed by atoms with Gasteiger partial charge < -0.3 is 19.7 Å². The monoisotopic (exact) mass is 278 g/mol. The number of aromatic nitrogens is 3. The molecule has 0 saturated heterocycles. The Kier molecular flexibility index (Phi) is 4.57. The summed E-state index contributed by atoms with van der Waals surface area (Å²) >= 11 is 0. The van der Waals surface area contributed by atoms with Gasteiger partial charge in [0, 0.05) is 25.9 Å². The molecule has 0 saturated carbocycles. The van der Waals surface area contributed by atoms with E-state index in [1.165, 1.54) is 0 Å². The number of aliphatic hydroxyl groups excluding tert-OH is 1. The van der Waals surface area contributed by atoms with Crippen LogP contribution < -0.4 is 5.32 Å². The lowest BCUT2D eigenvalue weighted by atomic mass is 10.2. The Bertz CT molecular complexity index is 592. The van der Waals surface area contributed by atoms with Crippen LogP contribution in [0.4, 0.5) is 5.82 Å². The quantitative estimate of drug-likeness (QED) is 0.837. The van der Waals surface area contributed by atoms with Crippen LogP contribution in [0.25, 0.3) is 11.0 Å². The smallest absolute Gasteiger partial charge is 0.146 e. The van der Waals surface area contributed by atoms with E-state index in [9.17, 15) is 5.11 Å². The van der Waals surface area contributed by atoms with Crippen LogP contribution in [0.3, 0.4) is 0 Å². The first-order chi connectivity index (χ1) is 9.56. The van der Waals surface area contributed by atoms with Gasteiger partial charge in [-0.25, -0.2) is 9.97 Å². The van der Waals surface area contributed by atoms with Crippen LogP contribution in [0.2, 0.25) is 0 Å². The maximum atomic E-state index is 9.40. The Morgan fingerprint density at radius 2 is 2.15 bits per heavy atom. The second-order valence-electron chi connectivity index (χ2n) is 5.01. The fourth-order valence-corrected chi connectivity index (χ4v) is 2.30. The van der Waals surface area contributed by atoms with Crippen molar-refractivity contribution in [3.63, 3.8) is 0 Å². The van der Waals surface area contributed by atoms with Crippen molar-refractivity contribution in [3.8, 4) is 0 Å². The molecule has 0 radical (unpaired) electrons. The van der Waals surface area contributed by atoms with E-state index in [2.05, 4.69) is 33.7 Å². The highest BCUT2D eigenvalue weighted by atomic mass is 16.5. The van der Waals surface area contributed by atoms with Crippen molar-refractivity contribution in [2.24, 2.45) is 0 Å². The number of nitrogens with zero attached hydrogens (tertiary/aromatic N) is 3. The highest BCUT2D eigenvalue weighted by Gasteiger charge is 2.16. The van der Waals surface area contributed by atoms with Crippen LogP contribution in [0.15, 0.2) is 6.33 Å². The summed E-state index contributed by atoms with van der Waals surface area (Å²) in [6, 6.07) is 0. The normalized spacial score (nSPS) is 12.8. The minimum Gasteiger partial charge on any atom is -0.392 e. The lowest BCUT2D eigenvalue weighted by Gasteiger charge is -2.09. The van der Waals surface area contributed by atoms with Crippen LogP contribution in [-0.4, -0.2) is 46.0 Å². The Hall–Kier alpha value is -1.66. The zero-order valence-electron chi connectivity index (χ0n) is 12.5. The molecule has 20 heavy (non-hydrogen) atoms. The van der Waals surface area contributed by atoms with Crippen molar-refractivity contribution in [2.75, 3.05) is 25.6 Å². The summed E-state index contributed by atoms with van der Waals surface area (Å²) in [5, 5.41) is 13.6. The summed E-state index contributed by atoms with van der Waals surface area (Å²) < 4.78 is 7.30. The highest BCUT2D eigenvalue weighted by Crippen LogP contribution is 2.28. The van der Waals surface area contributed by atoms with E-state index >= 15 is 0 Å². The first-order valence-corrected chi connectivity index (χ1v) is 6.77. The van der Waals surface area contributed by atoms with Gasteiger partial charge in [0.2, 0.25) is 0 Å². The molecule has 0 aliphatic carbocycles. The molecule has 0 spiro atoms. The number of fused-ring (bicyclic) bond motifs is 1. The summed E-state index contributed by atoms with van der Waals surface area (Å²) in [5.74, 6) is 0.771. The molecule has 0 aliphatic heterocycles. The molecule has 0 bridgehead atoms. The van der Waals surface area contributed by atoms with Gasteiger partial charge in [0.25, 0.3) is 0 Å². The molecule has 0 aliphatic rings. The number of aryl methyl sites for hydroxylation is 1. The van der Waals surface area contributed by atoms with Gasteiger partial charge in [-0.1, -0.05) is 0 Å². The predicted octanol–water partition coefficient (Wildman–Crippen LogP) is 1.49. The molecular weight excluding hydrogens is 256 g/mol. The van der Waals surface area contributed by atoms with Crippen LogP contribution in [0, 0.1) is 13.8 Å². The first-order valence-electron chi connectivity index (χ1n) is 6.77. The SMILES string of the molecule is COCCn1c(C)c(C)c2c(NC[C@H](C)O)ncnc21. The molecule has 2 N–H and O–H groups in total. The Morgan fingerprint density at radius 1 is 1.40 bits per heavy atom. The molecule has 1 atom stereocenters. The van der Waals surface area contributed by atoms with Gasteiger partial charge in [0.15, 0.2) is 0 Å². The van der Waals surface area contributed by atoms with Gasteiger partial charge in [-0.3, -0.25) is 0 Å². The molecule has 2 rings (SSSR count). The number of hydrogen-bond acceptors (Lipinski definition) is 5. The molecule has 0 fully saturated rings. The van der Waals surface area contributed by atoms with Crippen molar-refractivity contribution in [1.29, 1.82) is 0 Å². The van der Waals surface area contributed by atoms with E-state index in [0.717, 1.165) is 34.7 Å². The van der Waals surface area contributed by atoms with Crippen molar-refractivity contribution in [3.05, 3.63) is 17.6 Å². The van der Waals surface area contributed by atoms with Gasteiger partial charge in [-0.05, 0) is 26.3 Å². The van der Waals surface area contributed by atoms with E-state index in [4.69, 9.17) is 4.74 Å². The maximum Gasteiger partial charge on any atom is 0.146 e. The molecule has 6 nitrogen and oxygen atoms in total. The van der Waals surface area contributed by atoms with E-state index in [-0.39, 0.29) is 0 Å². The van der Waals surface area contributed by atoms with Gasteiger partial charge in [-0.2, -0.15) is 0 Å². The molecule has 2 aromatic heterocycles. The third kappa shape index (κ3) is 2.76. The van der Waals surface area contributed by atoms with Crippen molar-refractivity contribution >= 4 is 16.9 Å². The standard InChI is InChI=1S/C14H22N4O2/c1-9(19)7-15-13-12-10(2)11(3)18(5-6-20-4)14(12)17-8-16-13/h8-9,19H,5-7H2,1-4H3,(H,15,16,17)/t9-/m0/s1. The van der Waals surface area contributed by atoms with Crippen LogP contribution in [0.1, 0.15) is 18.2 Å². The maximum absolute atomic E-state index is 9.40. The molecule has 0 amide bonds. The zero-order valence-corrected chi connectivity index (χ0v) is 12.5. The topological polar surface area (TPSA) is 72.2 Å².